The zero-order valence-corrected chi connectivity index (χ0v) is 13.3. The summed E-state index contributed by atoms with van der Waals surface area (Å²) in [6.07, 6.45) is 7.20. The maximum atomic E-state index is 9.13. The molecule has 4 heteroatoms. The zero-order valence-electron chi connectivity index (χ0n) is 13.3. The van der Waals surface area contributed by atoms with Gasteiger partial charge in [-0.2, -0.15) is 5.26 Å². The summed E-state index contributed by atoms with van der Waals surface area (Å²) in [6, 6.07) is 4.32. The molecule has 1 aromatic rings. The smallest absolute Gasteiger partial charge is 0.120 e. The normalized spacial score (nSPS) is 19.6. The first kappa shape index (κ1) is 16.1. The fourth-order valence-corrected chi connectivity index (χ4v) is 3.32. The predicted octanol–water partition coefficient (Wildman–Crippen LogP) is 3.02. The van der Waals surface area contributed by atoms with Crippen LogP contribution in [0.3, 0.4) is 0 Å². The van der Waals surface area contributed by atoms with Crippen LogP contribution in [0, 0.1) is 17.2 Å². The van der Waals surface area contributed by atoms with E-state index in [-0.39, 0.29) is 0 Å². The van der Waals surface area contributed by atoms with Gasteiger partial charge in [-0.3, -0.25) is 4.90 Å². The van der Waals surface area contributed by atoms with Crippen molar-refractivity contribution in [3.8, 4) is 6.07 Å². The summed E-state index contributed by atoms with van der Waals surface area (Å²) in [5, 5.41) is 9.13. The third-order valence-corrected chi connectivity index (χ3v) is 4.38. The third kappa shape index (κ3) is 4.59. The average molecular weight is 289 g/mol. The first-order chi connectivity index (χ1) is 10.3. The Kier molecular flexibility index (Phi) is 6.28. The highest BCUT2D eigenvalue weighted by molar-refractivity contribution is 5.28. The number of piperidine rings is 1. The molecule has 0 spiro atoms. The Bertz CT molecular complexity index is 475. The van der Waals surface area contributed by atoms with Crippen LogP contribution in [0.4, 0.5) is 0 Å². The second kappa shape index (κ2) is 8.21. The first-order valence-corrected chi connectivity index (χ1v) is 8.07. The lowest BCUT2D eigenvalue weighted by Crippen LogP contribution is -2.34. The van der Waals surface area contributed by atoms with E-state index in [9.17, 15) is 0 Å². The largest absolute Gasteiger partial charge is 0.385 e. The molecule has 0 amide bonds. The van der Waals surface area contributed by atoms with Crippen LogP contribution in [-0.2, 0) is 17.8 Å². The van der Waals surface area contributed by atoms with Gasteiger partial charge in [0.25, 0.3) is 0 Å². The number of hydrogen-bond donors (Lipinski definition) is 0. The summed E-state index contributed by atoms with van der Waals surface area (Å²) >= 11 is 0. The highest BCUT2D eigenvalue weighted by Gasteiger charge is 2.20. The van der Waals surface area contributed by atoms with Crippen LogP contribution in [-0.4, -0.2) is 36.3 Å². The molecule has 0 bridgehead atoms. The van der Waals surface area contributed by atoms with Crippen molar-refractivity contribution in [1.82, 2.24) is 9.47 Å². The maximum absolute atomic E-state index is 9.13. The second-order valence-corrected chi connectivity index (χ2v) is 6.01. The van der Waals surface area contributed by atoms with Crippen LogP contribution >= 0.6 is 0 Å². The fourth-order valence-electron chi connectivity index (χ4n) is 3.32. The molecule has 0 aromatic carbocycles. The molecule has 1 fully saturated rings. The molecule has 116 valence electrons. The maximum Gasteiger partial charge on any atom is 0.120 e. The van der Waals surface area contributed by atoms with Crippen LogP contribution in [0.25, 0.3) is 0 Å². The quantitative estimate of drug-likeness (QED) is 0.725. The molecule has 1 atom stereocenters. The Hall–Kier alpha value is -1.31. The molecule has 2 heterocycles. The minimum absolute atomic E-state index is 0.779. The lowest BCUT2D eigenvalue weighted by Gasteiger charge is -2.32. The predicted molar refractivity (Wildman–Crippen MR) is 83.9 cm³/mol. The van der Waals surface area contributed by atoms with Crippen molar-refractivity contribution in [2.24, 2.45) is 5.92 Å². The summed E-state index contributed by atoms with van der Waals surface area (Å²) in [5.41, 5.74) is 2.05. The molecule has 0 aliphatic carbocycles. The van der Waals surface area contributed by atoms with Crippen LogP contribution < -0.4 is 0 Å². The first-order valence-electron chi connectivity index (χ1n) is 8.07. The van der Waals surface area contributed by atoms with E-state index in [1.54, 1.807) is 7.11 Å². The number of aromatic nitrogens is 1. The van der Waals surface area contributed by atoms with Crippen molar-refractivity contribution < 1.29 is 4.74 Å². The summed E-state index contributed by atoms with van der Waals surface area (Å²) < 4.78 is 7.19. The zero-order chi connectivity index (χ0) is 15.1. The molecule has 1 aliphatic rings. The van der Waals surface area contributed by atoms with Gasteiger partial charge in [0.1, 0.15) is 11.8 Å². The van der Waals surface area contributed by atoms with Gasteiger partial charge >= 0.3 is 0 Å². The molecule has 1 aromatic heterocycles. The lowest BCUT2D eigenvalue weighted by molar-refractivity contribution is 0.142. The molecule has 2 rings (SSSR count). The molecular weight excluding hydrogens is 262 g/mol. The molecule has 0 N–H and O–H groups in total. The van der Waals surface area contributed by atoms with Gasteiger partial charge in [-0.05, 0) is 56.7 Å². The number of nitrogens with zero attached hydrogens (tertiary/aromatic N) is 3. The van der Waals surface area contributed by atoms with E-state index < -0.39 is 0 Å². The van der Waals surface area contributed by atoms with Crippen molar-refractivity contribution in [1.29, 1.82) is 5.26 Å². The number of hydrogen-bond acceptors (Lipinski definition) is 3. The topological polar surface area (TPSA) is 41.2 Å². The van der Waals surface area contributed by atoms with Gasteiger partial charge in [0.15, 0.2) is 0 Å². The van der Waals surface area contributed by atoms with Crippen LogP contribution in [0.15, 0.2) is 12.3 Å². The highest BCUT2D eigenvalue weighted by Crippen LogP contribution is 2.23. The Labute approximate surface area is 128 Å². The SMILES string of the molecule is CCn1cc(CN2CCC[C@@H](CCCOC)C2)cc1C#N. The van der Waals surface area contributed by atoms with Crippen molar-refractivity contribution >= 4 is 0 Å². The number of aryl methyl sites for hydroxylation is 1. The molecule has 0 unspecified atom stereocenters. The van der Waals surface area contributed by atoms with Crippen LogP contribution in [0.1, 0.15) is 43.9 Å². The number of likely N-dealkylation sites (tertiary alicyclic amines) is 1. The van der Waals surface area contributed by atoms with Gasteiger partial charge in [0.05, 0.1) is 0 Å². The summed E-state index contributed by atoms with van der Waals surface area (Å²) in [5.74, 6) is 0.803. The Morgan fingerprint density at radius 2 is 2.33 bits per heavy atom. The summed E-state index contributed by atoms with van der Waals surface area (Å²) in [6.45, 7) is 7.16. The van der Waals surface area contributed by atoms with E-state index in [1.165, 1.54) is 44.3 Å². The van der Waals surface area contributed by atoms with Crippen LogP contribution in [0.5, 0.6) is 0 Å². The monoisotopic (exact) mass is 289 g/mol. The lowest BCUT2D eigenvalue weighted by atomic mass is 9.93. The average Bonchev–Trinajstić information content (AvgIpc) is 2.90. The Balaban J connectivity index is 1.87. The van der Waals surface area contributed by atoms with Gasteiger partial charge in [0.2, 0.25) is 0 Å². The van der Waals surface area contributed by atoms with Gasteiger partial charge in [-0.15, -0.1) is 0 Å². The minimum atomic E-state index is 0.779. The third-order valence-electron chi connectivity index (χ3n) is 4.38. The van der Waals surface area contributed by atoms with Gasteiger partial charge in [-0.1, -0.05) is 0 Å². The molecule has 4 nitrogen and oxygen atoms in total. The minimum Gasteiger partial charge on any atom is -0.385 e. The van der Waals surface area contributed by atoms with Crippen molar-refractivity contribution in [3.63, 3.8) is 0 Å². The van der Waals surface area contributed by atoms with E-state index in [1.807, 2.05) is 10.6 Å². The number of ether oxygens (including phenoxy) is 1. The molecule has 1 saturated heterocycles. The molecular formula is C17H27N3O. The van der Waals surface area contributed by atoms with E-state index in [2.05, 4.69) is 24.1 Å². The molecule has 0 radical (unpaired) electrons. The molecule has 0 saturated carbocycles. The van der Waals surface area contributed by atoms with E-state index >= 15 is 0 Å². The molecule has 21 heavy (non-hydrogen) atoms. The fraction of sp³-hybridized carbons (Fsp3) is 0.706. The van der Waals surface area contributed by atoms with E-state index in [0.29, 0.717) is 0 Å². The molecule has 1 aliphatic heterocycles. The van der Waals surface area contributed by atoms with Gasteiger partial charge in [-0.25, -0.2) is 0 Å². The van der Waals surface area contributed by atoms with Crippen molar-refractivity contribution in [2.75, 3.05) is 26.8 Å². The van der Waals surface area contributed by atoms with E-state index in [0.717, 1.165) is 31.3 Å². The van der Waals surface area contributed by atoms with Gasteiger partial charge in [0, 0.05) is 39.5 Å². The van der Waals surface area contributed by atoms with Crippen LogP contribution in [0.2, 0.25) is 0 Å². The second-order valence-electron chi connectivity index (χ2n) is 6.01. The standard InChI is InChI=1S/C17H27N3O/c1-3-20-14-16(10-17(20)11-18)13-19-8-4-6-15(12-19)7-5-9-21-2/h10,14-15H,3-9,12-13H2,1-2H3/t15-/m0/s1. The van der Waals surface area contributed by atoms with Crippen molar-refractivity contribution in [2.45, 2.75) is 45.7 Å². The van der Waals surface area contributed by atoms with Crippen molar-refractivity contribution in [3.05, 3.63) is 23.5 Å². The van der Waals surface area contributed by atoms with E-state index in [4.69, 9.17) is 10.00 Å². The Morgan fingerprint density at radius 3 is 3.00 bits per heavy atom. The summed E-state index contributed by atoms with van der Waals surface area (Å²) in [4.78, 5) is 2.54. The number of methoxy groups -OCH3 is 1. The van der Waals surface area contributed by atoms with Gasteiger partial charge < -0.3 is 9.30 Å². The highest BCUT2D eigenvalue weighted by atomic mass is 16.5. The Morgan fingerprint density at radius 1 is 1.48 bits per heavy atom. The number of nitriles is 1. The number of rotatable bonds is 7. The summed E-state index contributed by atoms with van der Waals surface area (Å²) in [7, 11) is 1.78.